The number of anilines is 4. The van der Waals surface area contributed by atoms with Gasteiger partial charge in [-0.2, -0.15) is 0 Å². The average molecular weight is 1470 g/mol. The third kappa shape index (κ3) is 17.6. The summed E-state index contributed by atoms with van der Waals surface area (Å²) in [5, 5.41) is 23.9. The Kier molecular flexibility index (Phi) is 25.7. The van der Waals surface area contributed by atoms with Gasteiger partial charge in [0.05, 0.1) is 49.0 Å². The number of nitrogen functional groups attached to an aromatic ring is 1. The smallest absolute Gasteiger partial charge is 0.870 e. The van der Waals surface area contributed by atoms with Crippen molar-refractivity contribution >= 4 is 52.9 Å². The molecule has 8 aromatic rings. The van der Waals surface area contributed by atoms with E-state index in [2.05, 4.69) is 153 Å². The minimum absolute atomic E-state index is 0. The van der Waals surface area contributed by atoms with E-state index < -0.39 is 5.97 Å². The SMILES string of the molecule is C1=CC2CCC1C2.COC(=O)c1ccc(N)cc1.COC(=O)c1ccc2c(c1)C1C3CCC(C3)C1C(c1ccccc1)N2.NCC1CC1.O=C(NCC1CC1)c1ccc2c(c1)C1C3CCC(C3)C1C(c1ccccc1)N2.O=C(O)c1ccc2c(c1)C1C3CCC(C3)C1C(c1ccccc1)N2.O=Cc1ccccc1.[Li+].[OH-]. The third-order valence-electron chi connectivity index (χ3n) is 26.4. The standard InChI is InChI=1S/C25H28N2O.C22H23NO2.C21H21NO2.C8H9NO2.C7H6O.C7H10.C4H9N.Li.H2O/c28-25(26-14-15-6-7-15)19-10-11-21-20(13-19)22-17-8-9-18(12-17)23(22)24(27-21)16-4-2-1-3-5-16;1-25-22(24)16-9-10-18-17(12-16)19-14-7-8-15(11-14)20(19)21(23-18)13-5-3-2-4-6-13;23-21(24)15-8-9-17-16(11-15)18-13-6-7-14(10-13)19(18)20(22-17)12-4-2-1-3-5-12;1-11-8(10)6-2-4-7(9)5-3-6;8-6-7-4-2-1-3-5-7;1-2-7-4-3-6(1)5-7;5-3-4-1-2-4;;/h1-5,10-11,13,15,17-18,22-24,27H,6-9,12,14H2,(H,26,28);2-6,9-10,12,14-15,19-21,23H,7-8,11H2,1H3;1-5,8-9,11,13-14,18-20,22H,6-7,10H2,(H,23,24);2-5H,9H2,1H3;1-6H;1-2,6-7H,3-5H2;4H,1-3,5H2;;1H2/q;;;;;;;+1;/p-1. The number of aromatic carboxylic acids is 1. The maximum absolute atomic E-state index is 12.7. The van der Waals surface area contributed by atoms with Crippen molar-refractivity contribution < 1.29 is 62.9 Å². The first kappa shape index (κ1) is 78.9. The third-order valence-corrected chi connectivity index (χ3v) is 26.4. The van der Waals surface area contributed by atoms with E-state index in [1.807, 2.05) is 42.5 Å². The first-order valence-electron chi connectivity index (χ1n) is 40.1. The van der Waals surface area contributed by atoms with Gasteiger partial charge >= 0.3 is 36.8 Å². The quantitative estimate of drug-likeness (QED) is 0.0209. The Hall–Kier alpha value is -9.23. The molecule has 9 saturated carbocycles. The van der Waals surface area contributed by atoms with Crippen LogP contribution < -0.4 is 51.6 Å². The Morgan fingerprint density at radius 3 is 1.15 bits per heavy atom. The summed E-state index contributed by atoms with van der Waals surface area (Å²) < 4.78 is 9.43. The molecule has 13 aliphatic rings. The molecule has 16 heteroatoms. The Balaban J connectivity index is 0.000000121. The molecule has 10 aliphatic carbocycles. The topological polar surface area (TPSA) is 254 Å². The molecule has 1 amide bonds. The second-order valence-electron chi connectivity index (χ2n) is 32.8. The van der Waals surface area contributed by atoms with Crippen LogP contribution in [-0.2, 0) is 9.47 Å². The molecule has 0 saturated heterocycles. The zero-order valence-electron chi connectivity index (χ0n) is 63.9. The Morgan fingerprint density at radius 1 is 0.445 bits per heavy atom. The summed E-state index contributed by atoms with van der Waals surface area (Å²) in [4.78, 5) is 56.9. The van der Waals surface area contributed by atoms with Crippen LogP contribution in [0.15, 0.2) is 212 Å². The van der Waals surface area contributed by atoms with Crippen LogP contribution in [-0.4, -0.2) is 68.0 Å². The average Bonchev–Trinajstić information content (AvgIpc) is 1.66. The first-order valence-corrected chi connectivity index (χ1v) is 40.1. The molecule has 3 heterocycles. The number of hydrogen-bond acceptors (Lipinski definition) is 13. The van der Waals surface area contributed by atoms with Gasteiger partial charge < -0.3 is 52.8 Å². The number of hydrogen-bond donors (Lipinski definition) is 7. The van der Waals surface area contributed by atoms with Gasteiger partial charge in [0.25, 0.3) is 5.91 Å². The molecule has 21 rings (SSSR count). The molecular formula is C94H107LiN6O9. The molecule has 8 aromatic carbocycles. The van der Waals surface area contributed by atoms with Crippen LogP contribution in [0.25, 0.3) is 0 Å². The number of carbonyl (C=O) groups is 5. The van der Waals surface area contributed by atoms with Crippen LogP contribution >= 0.6 is 0 Å². The Bertz CT molecular complexity index is 4470. The van der Waals surface area contributed by atoms with E-state index in [-0.39, 0.29) is 42.2 Å². The van der Waals surface area contributed by atoms with E-state index in [4.69, 9.17) is 16.2 Å². The second kappa shape index (κ2) is 35.8. The summed E-state index contributed by atoms with van der Waals surface area (Å²) in [6.07, 6.45) is 27.3. The van der Waals surface area contributed by atoms with Gasteiger partial charge in [0.2, 0.25) is 0 Å². The fourth-order valence-electron chi connectivity index (χ4n) is 20.9. The Morgan fingerprint density at radius 2 is 0.809 bits per heavy atom. The number of nitrogens with one attached hydrogen (secondary N) is 4. The number of carboxylic acids is 1. The molecule has 3 aliphatic heterocycles. The fraction of sp³-hybridized carbons (Fsp3) is 0.415. The van der Waals surface area contributed by atoms with Gasteiger partial charge in [0.15, 0.2) is 0 Å². The molecule has 568 valence electrons. The van der Waals surface area contributed by atoms with E-state index in [0.717, 1.165) is 89.5 Å². The van der Waals surface area contributed by atoms with Gasteiger partial charge in [-0.15, -0.1) is 0 Å². The van der Waals surface area contributed by atoms with Crippen LogP contribution in [0.3, 0.4) is 0 Å². The van der Waals surface area contributed by atoms with E-state index in [1.54, 1.807) is 42.5 Å². The summed E-state index contributed by atoms with van der Waals surface area (Å²) in [6, 6.07) is 67.3. The van der Waals surface area contributed by atoms with Crippen molar-refractivity contribution in [1.29, 1.82) is 0 Å². The molecule has 8 bridgehead atoms. The number of rotatable bonds is 11. The largest absolute Gasteiger partial charge is 1.00 e. The summed E-state index contributed by atoms with van der Waals surface area (Å²) in [7, 11) is 2.80. The number of fused-ring (bicyclic) bond motifs is 23. The summed E-state index contributed by atoms with van der Waals surface area (Å²) >= 11 is 0. The molecule has 15 nitrogen and oxygen atoms in total. The summed E-state index contributed by atoms with van der Waals surface area (Å²) in [6.45, 7) is 1.75. The maximum Gasteiger partial charge on any atom is 1.00 e. The van der Waals surface area contributed by atoms with Gasteiger partial charge in [-0.25, -0.2) is 14.4 Å². The van der Waals surface area contributed by atoms with Crippen molar-refractivity contribution in [3.8, 4) is 0 Å². The molecule has 9 fully saturated rings. The van der Waals surface area contributed by atoms with Crippen molar-refractivity contribution in [2.45, 2.75) is 139 Å². The normalized spacial score (nSPS) is 28.1. The minimum Gasteiger partial charge on any atom is -0.870 e. The summed E-state index contributed by atoms with van der Waals surface area (Å²) in [5.74, 6) is 10.4. The van der Waals surface area contributed by atoms with Crippen molar-refractivity contribution in [3.05, 3.63) is 274 Å². The fourth-order valence-corrected chi connectivity index (χ4v) is 20.9. The van der Waals surface area contributed by atoms with E-state index in [1.165, 1.54) is 162 Å². The van der Waals surface area contributed by atoms with Gasteiger partial charge in [-0.05, 0) is 316 Å². The molecule has 110 heavy (non-hydrogen) atoms. The van der Waals surface area contributed by atoms with Crippen molar-refractivity contribution in [1.82, 2.24) is 5.32 Å². The maximum atomic E-state index is 12.7. The van der Waals surface area contributed by atoms with Crippen molar-refractivity contribution in [2.75, 3.05) is 49.0 Å². The predicted molar refractivity (Wildman–Crippen MR) is 430 cm³/mol. The minimum atomic E-state index is -0.831. The zero-order chi connectivity index (χ0) is 74.4. The molecular weight excluding hydrogens is 1360 g/mol. The molecule has 17 unspecified atom stereocenters. The first-order chi connectivity index (χ1) is 52.8. The van der Waals surface area contributed by atoms with Crippen LogP contribution in [0.2, 0.25) is 0 Å². The number of esters is 2. The van der Waals surface area contributed by atoms with E-state index in [0.29, 0.717) is 81.9 Å². The summed E-state index contributed by atoms with van der Waals surface area (Å²) in [5.41, 5.74) is 26.1. The number of aldehydes is 1. The monoisotopic (exact) mass is 1470 g/mol. The number of methoxy groups -OCH3 is 2. The molecule has 0 radical (unpaired) electrons. The number of amides is 1. The van der Waals surface area contributed by atoms with Gasteiger partial charge in [0, 0.05) is 40.4 Å². The van der Waals surface area contributed by atoms with Gasteiger partial charge in [0.1, 0.15) is 6.29 Å². The van der Waals surface area contributed by atoms with Gasteiger partial charge in [-0.3, -0.25) is 9.59 Å². The van der Waals surface area contributed by atoms with E-state index in [9.17, 15) is 29.1 Å². The van der Waals surface area contributed by atoms with Crippen LogP contribution in [0.4, 0.5) is 22.7 Å². The van der Waals surface area contributed by atoms with Crippen molar-refractivity contribution in [3.63, 3.8) is 0 Å². The van der Waals surface area contributed by atoms with Crippen LogP contribution in [0.5, 0.6) is 0 Å². The predicted octanol–water partition coefficient (Wildman–Crippen LogP) is 16.3. The number of nitrogens with two attached hydrogens (primary N) is 2. The van der Waals surface area contributed by atoms with Crippen molar-refractivity contribution in [2.24, 2.45) is 82.7 Å². The molecule has 10 N–H and O–H groups in total. The number of carbonyl (C=O) groups excluding carboxylic acids is 4. The number of carboxylic acid groups (broad SMARTS) is 1. The second-order valence-corrected chi connectivity index (χ2v) is 32.8. The molecule has 0 aromatic heterocycles. The molecule has 0 spiro atoms. The number of benzene rings is 8. The van der Waals surface area contributed by atoms with E-state index >= 15 is 0 Å². The van der Waals surface area contributed by atoms with Crippen LogP contribution in [0, 0.1) is 76.9 Å². The van der Waals surface area contributed by atoms with Gasteiger partial charge in [-0.1, -0.05) is 133 Å². The van der Waals surface area contributed by atoms with Crippen LogP contribution in [0.1, 0.15) is 224 Å². The Labute approximate surface area is 660 Å². The number of ether oxygens (including phenoxy) is 2. The number of allylic oxidation sites excluding steroid dienone is 2. The zero-order valence-corrected chi connectivity index (χ0v) is 63.9. The molecule has 17 atom stereocenters.